The van der Waals surface area contributed by atoms with Crippen LogP contribution in [0.15, 0.2) is 24.4 Å². The summed E-state index contributed by atoms with van der Waals surface area (Å²) in [5.41, 5.74) is 3.45. The smallest absolute Gasteiger partial charge is 0.341 e. The van der Waals surface area contributed by atoms with E-state index in [1.807, 2.05) is 18.2 Å². The average molecular weight is 291 g/mol. The predicted octanol–water partition coefficient (Wildman–Crippen LogP) is 2.87. The van der Waals surface area contributed by atoms with Crippen LogP contribution in [0.5, 0.6) is 0 Å². The lowest BCUT2D eigenvalue weighted by Gasteiger charge is -2.05. The molecule has 0 bridgehead atoms. The first-order valence-corrected chi connectivity index (χ1v) is 6.99. The van der Waals surface area contributed by atoms with Crippen molar-refractivity contribution >= 4 is 34.0 Å². The molecule has 1 aliphatic heterocycles. The molecular formula is C15H15ClN2O2. The number of carbonyl (C=O) groups excluding carboxylic acids is 1. The highest BCUT2D eigenvalue weighted by Gasteiger charge is 2.22. The fraction of sp³-hybridized carbons (Fsp3) is 0.267. The number of benzene rings is 1. The Bertz CT molecular complexity index is 703. The van der Waals surface area contributed by atoms with Gasteiger partial charge in [-0.15, -0.1) is 0 Å². The van der Waals surface area contributed by atoms with Crippen LogP contribution in [0.2, 0.25) is 5.02 Å². The largest absolute Gasteiger partial charge is 0.462 e. The first kappa shape index (κ1) is 13.1. The van der Waals surface area contributed by atoms with Crippen LogP contribution in [0, 0.1) is 0 Å². The Hall–Kier alpha value is -1.94. The molecule has 0 saturated heterocycles. The van der Waals surface area contributed by atoms with Crippen LogP contribution in [-0.4, -0.2) is 24.1 Å². The van der Waals surface area contributed by atoms with E-state index in [1.165, 1.54) is 0 Å². The van der Waals surface area contributed by atoms with Crippen LogP contribution in [0.1, 0.15) is 18.2 Å². The van der Waals surface area contributed by atoms with Gasteiger partial charge in [0.25, 0.3) is 0 Å². The number of esters is 1. The molecule has 0 radical (unpaired) electrons. The molecule has 0 fully saturated rings. The normalized spacial score (nSPS) is 14.2. The second kappa shape index (κ2) is 5.21. The molecule has 2 aromatic rings. The van der Waals surface area contributed by atoms with E-state index in [1.54, 1.807) is 13.1 Å². The van der Waals surface area contributed by atoms with Gasteiger partial charge in [0.2, 0.25) is 0 Å². The van der Waals surface area contributed by atoms with Crippen molar-refractivity contribution in [1.82, 2.24) is 10.3 Å². The third-order valence-electron chi connectivity index (χ3n) is 3.40. The highest BCUT2D eigenvalue weighted by atomic mass is 35.5. The molecule has 0 saturated carbocycles. The first-order chi connectivity index (χ1) is 9.70. The number of aromatic amines is 1. The van der Waals surface area contributed by atoms with Crippen molar-refractivity contribution in [2.75, 3.05) is 13.2 Å². The average Bonchev–Trinajstić information content (AvgIpc) is 2.64. The minimum absolute atomic E-state index is 0.319. The van der Waals surface area contributed by atoms with Crippen LogP contribution in [-0.2, 0) is 16.0 Å². The Morgan fingerprint density at radius 3 is 3.10 bits per heavy atom. The lowest BCUT2D eigenvalue weighted by atomic mass is 10.0. The molecule has 0 atom stereocenters. The molecular weight excluding hydrogens is 276 g/mol. The number of H-pyrrole nitrogens is 1. The van der Waals surface area contributed by atoms with Crippen molar-refractivity contribution in [3.05, 3.63) is 40.7 Å². The van der Waals surface area contributed by atoms with Crippen molar-refractivity contribution in [3.8, 4) is 0 Å². The Morgan fingerprint density at radius 1 is 1.45 bits per heavy atom. The SMILES string of the molecule is CCOC(=O)C1=CNCCc2c1[nH]c1ccc(Cl)cc21. The zero-order valence-electron chi connectivity index (χ0n) is 11.1. The van der Waals surface area contributed by atoms with E-state index in [4.69, 9.17) is 16.3 Å². The van der Waals surface area contributed by atoms with Gasteiger partial charge in [-0.05, 0) is 37.1 Å². The van der Waals surface area contributed by atoms with E-state index >= 15 is 0 Å². The molecule has 2 N–H and O–H groups in total. The van der Waals surface area contributed by atoms with Crippen molar-refractivity contribution in [3.63, 3.8) is 0 Å². The van der Waals surface area contributed by atoms with Gasteiger partial charge in [-0.25, -0.2) is 4.79 Å². The number of fused-ring (bicyclic) bond motifs is 3. The molecule has 5 heteroatoms. The van der Waals surface area contributed by atoms with Gasteiger partial charge in [0.1, 0.15) is 0 Å². The Labute approximate surface area is 121 Å². The summed E-state index contributed by atoms with van der Waals surface area (Å²) in [6.07, 6.45) is 2.55. The van der Waals surface area contributed by atoms with Crippen molar-refractivity contribution in [1.29, 1.82) is 0 Å². The number of halogens is 1. The van der Waals surface area contributed by atoms with Gasteiger partial charge in [0, 0.05) is 28.7 Å². The summed E-state index contributed by atoms with van der Waals surface area (Å²) in [6.45, 7) is 2.93. The van der Waals surface area contributed by atoms with Crippen LogP contribution in [0.4, 0.5) is 0 Å². The summed E-state index contributed by atoms with van der Waals surface area (Å²) in [7, 11) is 0. The molecule has 20 heavy (non-hydrogen) atoms. The molecule has 0 unspecified atom stereocenters. The maximum atomic E-state index is 12.1. The monoisotopic (exact) mass is 290 g/mol. The van der Waals surface area contributed by atoms with Gasteiger partial charge in [0.05, 0.1) is 17.9 Å². The summed E-state index contributed by atoms with van der Waals surface area (Å²) < 4.78 is 5.12. The predicted molar refractivity (Wildman–Crippen MR) is 79.6 cm³/mol. The molecule has 2 heterocycles. The van der Waals surface area contributed by atoms with E-state index in [9.17, 15) is 4.79 Å². The van der Waals surface area contributed by atoms with Crippen LogP contribution in [0.25, 0.3) is 16.5 Å². The second-order valence-corrected chi connectivity index (χ2v) is 5.09. The molecule has 104 valence electrons. The zero-order valence-corrected chi connectivity index (χ0v) is 11.9. The molecule has 1 aromatic carbocycles. The van der Waals surface area contributed by atoms with E-state index in [0.29, 0.717) is 17.2 Å². The summed E-state index contributed by atoms with van der Waals surface area (Å²) in [5, 5.41) is 4.89. The lowest BCUT2D eigenvalue weighted by molar-refractivity contribution is -0.136. The number of aromatic nitrogens is 1. The van der Waals surface area contributed by atoms with Gasteiger partial charge >= 0.3 is 5.97 Å². The molecule has 0 spiro atoms. The second-order valence-electron chi connectivity index (χ2n) is 4.65. The minimum atomic E-state index is -0.319. The fourth-order valence-electron chi connectivity index (χ4n) is 2.52. The van der Waals surface area contributed by atoms with E-state index in [-0.39, 0.29) is 5.97 Å². The van der Waals surface area contributed by atoms with E-state index in [0.717, 1.165) is 35.1 Å². The van der Waals surface area contributed by atoms with Gasteiger partial charge < -0.3 is 15.0 Å². The van der Waals surface area contributed by atoms with Crippen LogP contribution in [0.3, 0.4) is 0 Å². The van der Waals surface area contributed by atoms with E-state index in [2.05, 4.69) is 10.3 Å². The maximum absolute atomic E-state index is 12.1. The lowest BCUT2D eigenvalue weighted by Crippen LogP contribution is -2.11. The topological polar surface area (TPSA) is 54.1 Å². The summed E-state index contributed by atoms with van der Waals surface area (Å²) in [5.74, 6) is -0.319. The van der Waals surface area contributed by atoms with Crippen LogP contribution < -0.4 is 5.32 Å². The van der Waals surface area contributed by atoms with Gasteiger partial charge in [0.15, 0.2) is 0 Å². The summed E-state index contributed by atoms with van der Waals surface area (Å²) in [6, 6.07) is 5.70. The molecule has 4 nitrogen and oxygen atoms in total. The Balaban J connectivity index is 2.17. The van der Waals surface area contributed by atoms with Crippen LogP contribution >= 0.6 is 11.6 Å². The molecule has 0 aliphatic carbocycles. The number of nitrogens with one attached hydrogen (secondary N) is 2. The zero-order chi connectivity index (χ0) is 14.1. The van der Waals surface area contributed by atoms with Crippen molar-refractivity contribution in [2.24, 2.45) is 0 Å². The Kier molecular flexibility index (Phi) is 3.40. The summed E-state index contributed by atoms with van der Waals surface area (Å²) >= 11 is 6.07. The third kappa shape index (κ3) is 2.16. The molecule has 0 amide bonds. The van der Waals surface area contributed by atoms with Gasteiger partial charge in [-0.3, -0.25) is 0 Å². The highest BCUT2D eigenvalue weighted by Crippen LogP contribution is 2.31. The molecule has 1 aromatic heterocycles. The fourth-order valence-corrected chi connectivity index (χ4v) is 2.69. The standard InChI is InChI=1S/C15H15ClN2O2/c1-2-20-15(19)12-8-17-6-5-10-11-7-9(16)3-4-13(11)18-14(10)12/h3-4,7-8,17-18H,2,5-6H2,1H3. The summed E-state index contributed by atoms with van der Waals surface area (Å²) in [4.78, 5) is 15.4. The van der Waals surface area contributed by atoms with Gasteiger partial charge in [-0.1, -0.05) is 11.6 Å². The Morgan fingerprint density at radius 2 is 2.30 bits per heavy atom. The third-order valence-corrected chi connectivity index (χ3v) is 3.63. The molecule has 1 aliphatic rings. The van der Waals surface area contributed by atoms with E-state index < -0.39 is 0 Å². The first-order valence-electron chi connectivity index (χ1n) is 6.62. The number of rotatable bonds is 2. The molecule has 3 rings (SSSR count). The highest BCUT2D eigenvalue weighted by molar-refractivity contribution is 6.31. The van der Waals surface area contributed by atoms with Crippen molar-refractivity contribution < 1.29 is 9.53 Å². The number of carbonyl (C=O) groups is 1. The van der Waals surface area contributed by atoms with Gasteiger partial charge in [-0.2, -0.15) is 0 Å². The number of hydrogen-bond acceptors (Lipinski definition) is 3. The quantitative estimate of drug-likeness (QED) is 0.836. The minimum Gasteiger partial charge on any atom is -0.462 e. The van der Waals surface area contributed by atoms with Crippen molar-refractivity contribution in [2.45, 2.75) is 13.3 Å². The maximum Gasteiger partial charge on any atom is 0.341 e. The number of ether oxygens (including phenoxy) is 1. The number of hydrogen-bond donors (Lipinski definition) is 2.